The quantitative estimate of drug-likeness (QED) is 0.548. The van der Waals surface area contributed by atoms with Crippen LogP contribution in [0.3, 0.4) is 0 Å². The van der Waals surface area contributed by atoms with E-state index < -0.39 is 0 Å². The van der Waals surface area contributed by atoms with Crippen LogP contribution >= 0.6 is 0 Å². The molecule has 4 heteroatoms. The predicted octanol–water partition coefficient (Wildman–Crippen LogP) is 1.88. The van der Waals surface area contributed by atoms with Gasteiger partial charge in [0.25, 0.3) is 0 Å². The van der Waals surface area contributed by atoms with E-state index >= 15 is 0 Å². The second kappa shape index (κ2) is 8.48. The molecule has 1 fully saturated rings. The monoisotopic (exact) mass is 243 g/mol. The third-order valence-electron chi connectivity index (χ3n) is 3.10. The Balaban J connectivity index is 2.00. The summed E-state index contributed by atoms with van der Waals surface area (Å²) in [5.74, 6) is -0.190. The molecule has 0 heterocycles. The zero-order valence-corrected chi connectivity index (χ0v) is 11.0. The van der Waals surface area contributed by atoms with Crippen LogP contribution in [0.2, 0.25) is 0 Å². The van der Waals surface area contributed by atoms with E-state index in [1.165, 1.54) is 32.1 Å². The molecular formula is C13H25NO3. The first-order chi connectivity index (χ1) is 8.24. The number of hydrogen-bond donors (Lipinski definition) is 1. The predicted molar refractivity (Wildman–Crippen MR) is 66.9 cm³/mol. The van der Waals surface area contributed by atoms with Crippen molar-refractivity contribution in [2.45, 2.75) is 58.1 Å². The lowest BCUT2D eigenvalue weighted by Crippen LogP contribution is -2.37. The molecule has 4 nitrogen and oxygen atoms in total. The molecule has 1 saturated carbocycles. The van der Waals surface area contributed by atoms with Gasteiger partial charge in [-0.05, 0) is 26.7 Å². The van der Waals surface area contributed by atoms with E-state index in [0.29, 0.717) is 25.9 Å². The molecular weight excluding hydrogens is 218 g/mol. The van der Waals surface area contributed by atoms with Crippen LogP contribution in [0, 0.1) is 0 Å². The number of hydrogen-bond acceptors (Lipinski definition) is 4. The van der Waals surface area contributed by atoms with Gasteiger partial charge in [0.05, 0.1) is 19.3 Å². The third kappa shape index (κ3) is 6.03. The van der Waals surface area contributed by atoms with Crippen molar-refractivity contribution in [2.24, 2.45) is 0 Å². The molecule has 1 aliphatic rings. The minimum atomic E-state index is -0.245. The van der Waals surface area contributed by atoms with Gasteiger partial charge in [0.15, 0.2) is 0 Å². The first-order valence-corrected chi connectivity index (χ1v) is 6.75. The summed E-state index contributed by atoms with van der Waals surface area (Å²) < 4.78 is 10.7. The summed E-state index contributed by atoms with van der Waals surface area (Å²) in [4.78, 5) is 11.3. The van der Waals surface area contributed by atoms with E-state index in [4.69, 9.17) is 9.47 Å². The highest BCUT2D eigenvalue weighted by molar-refractivity contribution is 5.75. The van der Waals surface area contributed by atoms with Gasteiger partial charge in [-0.1, -0.05) is 19.3 Å². The molecule has 0 amide bonds. The van der Waals surface area contributed by atoms with Gasteiger partial charge in [0.1, 0.15) is 6.04 Å². The molecule has 0 radical (unpaired) electrons. The Morgan fingerprint density at radius 3 is 2.71 bits per heavy atom. The van der Waals surface area contributed by atoms with E-state index in [1.807, 2.05) is 13.8 Å². The number of carbonyl (C=O) groups is 1. The highest BCUT2D eigenvalue weighted by Crippen LogP contribution is 2.19. The second-order valence-electron chi connectivity index (χ2n) is 4.56. The van der Waals surface area contributed by atoms with Crippen molar-refractivity contribution in [3.8, 4) is 0 Å². The van der Waals surface area contributed by atoms with Gasteiger partial charge in [-0.2, -0.15) is 0 Å². The maximum atomic E-state index is 11.3. The first kappa shape index (κ1) is 14.5. The van der Waals surface area contributed by atoms with Crippen LogP contribution in [0.5, 0.6) is 0 Å². The fourth-order valence-corrected chi connectivity index (χ4v) is 2.08. The molecule has 1 rings (SSSR count). The van der Waals surface area contributed by atoms with Crippen LogP contribution in [0.25, 0.3) is 0 Å². The Morgan fingerprint density at radius 2 is 2.06 bits per heavy atom. The molecule has 0 spiro atoms. The lowest BCUT2D eigenvalue weighted by Gasteiger charge is -2.22. The van der Waals surface area contributed by atoms with Gasteiger partial charge in [-0.25, -0.2) is 0 Å². The first-order valence-electron chi connectivity index (χ1n) is 6.75. The molecule has 0 saturated heterocycles. The third-order valence-corrected chi connectivity index (χ3v) is 3.10. The standard InChI is InChI=1S/C13H25NO3/c1-3-16-13(15)11(2)14-9-10-17-12-7-5-4-6-8-12/h11-12,14H,3-10H2,1-2H3. The molecule has 1 unspecified atom stereocenters. The van der Waals surface area contributed by atoms with E-state index in [0.717, 1.165) is 0 Å². The van der Waals surface area contributed by atoms with E-state index in [1.54, 1.807) is 0 Å². The fourth-order valence-electron chi connectivity index (χ4n) is 2.08. The Hall–Kier alpha value is -0.610. The lowest BCUT2D eigenvalue weighted by molar-refractivity contribution is -0.145. The minimum Gasteiger partial charge on any atom is -0.465 e. The van der Waals surface area contributed by atoms with E-state index in [2.05, 4.69) is 5.32 Å². The molecule has 0 aromatic rings. The van der Waals surface area contributed by atoms with Gasteiger partial charge in [-0.15, -0.1) is 0 Å². The Morgan fingerprint density at radius 1 is 1.35 bits per heavy atom. The Labute approximate surface area is 104 Å². The summed E-state index contributed by atoms with van der Waals surface area (Å²) in [6.45, 7) is 5.45. The minimum absolute atomic E-state index is 0.190. The summed E-state index contributed by atoms with van der Waals surface area (Å²) in [6.07, 6.45) is 6.73. The molecule has 17 heavy (non-hydrogen) atoms. The van der Waals surface area contributed by atoms with Crippen molar-refractivity contribution in [2.75, 3.05) is 19.8 Å². The van der Waals surface area contributed by atoms with Crippen molar-refractivity contribution in [1.29, 1.82) is 0 Å². The van der Waals surface area contributed by atoms with Crippen molar-refractivity contribution >= 4 is 5.97 Å². The highest BCUT2D eigenvalue weighted by atomic mass is 16.5. The Bertz CT molecular complexity index is 215. The van der Waals surface area contributed by atoms with E-state index in [9.17, 15) is 4.79 Å². The molecule has 0 aromatic heterocycles. The number of rotatable bonds is 7. The smallest absolute Gasteiger partial charge is 0.322 e. The van der Waals surface area contributed by atoms with Gasteiger partial charge in [-0.3, -0.25) is 4.79 Å². The average Bonchev–Trinajstić information content (AvgIpc) is 2.36. The maximum Gasteiger partial charge on any atom is 0.322 e. The number of nitrogens with one attached hydrogen (secondary N) is 1. The normalized spacial score (nSPS) is 18.9. The molecule has 1 atom stereocenters. The molecule has 0 aliphatic heterocycles. The highest BCUT2D eigenvalue weighted by Gasteiger charge is 2.15. The van der Waals surface area contributed by atoms with Crippen molar-refractivity contribution in [3.05, 3.63) is 0 Å². The lowest BCUT2D eigenvalue weighted by atomic mass is 9.98. The molecule has 1 aliphatic carbocycles. The number of esters is 1. The number of ether oxygens (including phenoxy) is 2. The second-order valence-corrected chi connectivity index (χ2v) is 4.56. The van der Waals surface area contributed by atoms with Gasteiger partial charge < -0.3 is 14.8 Å². The summed E-state index contributed by atoms with van der Waals surface area (Å²) in [7, 11) is 0. The molecule has 0 aromatic carbocycles. The van der Waals surface area contributed by atoms with Crippen LogP contribution in [0.4, 0.5) is 0 Å². The largest absolute Gasteiger partial charge is 0.465 e. The zero-order chi connectivity index (χ0) is 12.5. The van der Waals surface area contributed by atoms with Gasteiger partial charge in [0, 0.05) is 6.54 Å². The van der Waals surface area contributed by atoms with Crippen LogP contribution in [-0.2, 0) is 14.3 Å². The van der Waals surface area contributed by atoms with Crippen molar-refractivity contribution in [1.82, 2.24) is 5.32 Å². The van der Waals surface area contributed by atoms with Crippen LogP contribution in [0.15, 0.2) is 0 Å². The average molecular weight is 243 g/mol. The van der Waals surface area contributed by atoms with Gasteiger partial charge >= 0.3 is 5.97 Å². The fraction of sp³-hybridized carbons (Fsp3) is 0.923. The molecule has 0 bridgehead atoms. The van der Waals surface area contributed by atoms with Crippen LogP contribution in [-0.4, -0.2) is 37.9 Å². The maximum absolute atomic E-state index is 11.3. The SMILES string of the molecule is CCOC(=O)C(C)NCCOC1CCCCC1. The van der Waals surface area contributed by atoms with Crippen molar-refractivity contribution < 1.29 is 14.3 Å². The van der Waals surface area contributed by atoms with Gasteiger partial charge in [0.2, 0.25) is 0 Å². The van der Waals surface area contributed by atoms with Crippen molar-refractivity contribution in [3.63, 3.8) is 0 Å². The summed E-state index contributed by atoms with van der Waals surface area (Å²) in [5.41, 5.74) is 0. The summed E-state index contributed by atoms with van der Waals surface area (Å²) >= 11 is 0. The summed E-state index contributed by atoms with van der Waals surface area (Å²) in [6, 6.07) is -0.245. The van der Waals surface area contributed by atoms with Crippen LogP contribution < -0.4 is 5.32 Å². The topological polar surface area (TPSA) is 47.6 Å². The van der Waals surface area contributed by atoms with E-state index in [-0.39, 0.29) is 12.0 Å². The summed E-state index contributed by atoms with van der Waals surface area (Å²) in [5, 5.41) is 3.11. The Kier molecular flexibility index (Phi) is 7.21. The molecule has 100 valence electrons. The van der Waals surface area contributed by atoms with Crippen LogP contribution in [0.1, 0.15) is 46.0 Å². The number of carbonyl (C=O) groups excluding carboxylic acids is 1. The molecule has 1 N–H and O–H groups in total. The zero-order valence-electron chi connectivity index (χ0n) is 11.0.